The molecule has 4 nitrogen and oxygen atoms in total. The normalized spacial score (nSPS) is 11.6. The number of anilines is 1. The quantitative estimate of drug-likeness (QED) is 0.665. The number of fused-ring (bicyclic) bond motifs is 1. The molecule has 0 saturated heterocycles. The second-order valence-corrected chi connectivity index (χ2v) is 6.59. The molecule has 0 aliphatic heterocycles. The molecule has 0 aliphatic rings. The summed E-state index contributed by atoms with van der Waals surface area (Å²) < 4.78 is 1.85. The van der Waals surface area contributed by atoms with Crippen molar-refractivity contribution >= 4 is 34.9 Å². The third-order valence-corrected chi connectivity index (χ3v) is 4.37. The number of benzene rings is 1. The van der Waals surface area contributed by atoms with E-state index in [9.17, 15) is 4.79 Å². The van der Waals surface area contributed by atoms with Gasteiger partial charge in [-0.25, -0.2) is 4.98 Å². The van der Waals surface area contributed by atoms with Crippen molar-refractivity contribution in [3.05, 3.63) is 70.6 Å². The first kappa shape index (κ1) is 17.2. The molecule has 5 heteroatoms. The monoisotopic (exact) mass is 353 g/mol. The van der Waals surface area contributed by atoms with E-state index in [2.05, 4.69) is 24.1 Å². The van der Waals surface area contributed by atoms with Gasteiger partial charge in [0.25, 0.3) is 0 Å². The van der Waals surface area contributed by atoms with Gasteiger partial charge in [-0.05, 0) is 42.2 Å². The number of nitrogens with one attached hydrogen (secondary N) is 1. The van der Waals surface area contributed by atoms with Crippen LogP contribution in [0.1, 0.15) is 36.6 Å². The minimum Gasteiger partial charge on any atom is -0.322 e. The molecule has 0 bridgehead atoms. The number of hydrogen-bond donors (Lipinski definition) is 1. The van der Waals surface area contributed by atoms with Crippen LogP contribution in [0.15, 0.2) is 48.7 Å². The predicted molar refractivity (Wildman–Crippen MR) is 103 cm³/mol. The first-order valence-electron chi connectivity index (χ1n) is 8.18. The number of aromatic nitrogens is 2. The van der Waals surface area contributed by atoms with Crippen LogP contribution in [0, 0.1) is 6.92 Å². The van der Waals surface area contributed by atoms with Gasteiger partial charge in [0, 0.05) is 18.0 Å². The molecule has 128 valence electrons. The van der Waals surface area contributed by atoms with E-state index in [1.54, 1.807) is 6.08 Å². The Balaban J connectivity index is 1.86. The molecule has 0 aliphatic carbocycles. The Kier molecular flexibility index (Phi) is 4.91. The maximum Gasteiger partial charge on any atom is 0.248 e. The van der Waals surface area contributed by atoms with Crippen molar-refractivity contribution in [2.75, 3.05) is 5.32 Å². The lowest BCUT2D eigenvalue weighted by Crippen LogP contribution is -2.11. The van der Waals surface area contributed by atoms with Gasteiger partial charge in [-0.2, -0.15) is 0 Å². The molecule has 25 heavy (non-hydrogen) atoms. The Morgan fingerprint density at radius 3 is 2.80 bits per heavy atom. The zero-order valence-electron chi connectivity index (χ0n) is 14.5. The van der Waals surface area contributed by atoms with E-state index in [-0.39, 0.29) is 5.91 Å². The third kappa shape index (κ3) is 3.59. The second kappa shape index (κ2) is 7.11. The smallest absolute Gasteiger partial charge is 0.248 e. The molecule has 2 heterocycles. The number of amides is 1. The second-order valence-electron chi connectivity index (χ2n) is 6.23. The van der Waals surface area contributed by atoms with E-state index in [1.165, 1.54) is 6.08 Å². The van der Waals surface area contributed by atoms with E-state index in [1.807, 2.05) is 53.9 Å². The highest BCUT2D eigenvalue weighted by molar-refractivity contribution is 6.31. The number of para-hydroxylation sites is 1. The van der Waals surface area contributed by atoms with Crippen molar-refractivity contribution in [2.24, 2.45) is 0 Å². The third-order valence-electron chi connectivity index (χ3n) is 4.09. The van der Waals surface area contributed by atoms with Gasteiger partial charge in [-0.1, -0.05) is 49.7 Å². The van der Waals surface area contributed by atoms with Crippen LogP contribution >= 0.6 is 11.6 Å². The van der Waals surface area contributed by atoms with Gasteiger partial charge in [0.1, 0.15) is 5.65 Å². The van der Waals surface area contributed by atoms with Gasteiger partial charge in [0.2, 0.25) is 5.91 Å². The molecule has 0 atom stereocenters. The van der Waals surface area contributed by atoms with Crippen LogP contribution in [0.4, 0.5) is 5.69 Å². The molecule has 0 unspecified atom stereocenters. The highest BCUT2D eigenvalue weighted by Crippen LogP contribution is 2.27. The number of pyridine rings is 1. The molecule has 1 N–H and O–H groups in total. The first-order chi connectivity index (χ1) is 12.0. The fraction of sp³-hybridized carbons (Fsp3) is 0.200. The summed E-state index contributed by atoms with van der Waals surface area (Å²) in [6.45, 7) is 6.21. The molecule has 2 aromatic heterocycles. The van der Waals surface area contributed by atoms with E-state index in [0.29, 0.717) is 16.8 Å². The lowest BCUT2D eigenvalue weighted by Gasteiger charge is -2.15. The number of hydrogen-bond acceptors (Lipinski definition) is 2. The summed E-state index contributed by atoms with van der Waals surface area (Å²) in [6.07, 6.45) is 5.04. The molecule has 0 radical (unpaired) electrons. The van der Waals surface area contributed by atoms with Crippen molar-refractivity contribution < 1.29 is 4.79 Å². The number of carbonyl (C=O) groups is 1. The summed E-state index contributed by atoms with van der Waals surface area (Å²) in [5, 5.41) is 3.36. The SMILES string of the molecule is Cc1cccc(C(C)C)c1NC(=O)/C=C/c1c(Cl)nc2ccccn12. The minimum absolute atomic E-state index is 0.196. The van der Waals surface area contributed by atoms with Gasteiger partial charge in [0.05, 0.1) is 5.69 Å². The molecule has 0 fully saturated rings. The average Bonchev–Trinajstić information content (AvgIpc) is 2.89. The summed E-state index contributed by atoms with van der Waals surface area (Å²) in [5.74, 6) is 0.130. The fourth-order valence-corrected chi connectivity index (χ4v) is 3.04. The molecule has 1 amide bonds. The average molecular weight is 354 g/mol. The number of imidazole rings is 1. The first-order valence-corrected chi connectivity index (χ1v) is 8.56. The molecular weight excluding hydrogens is 334 g/mol. The highest BCUT2D eigenvalue weighted by atomic mass is 35.5. The van der Waals surface area contributed by atoms with E-state index in [0.717, 1.165) is 22.5 Å². The van der Waals surface area contributed by atoms with E-state index in [4.69, 9.17) is 11.6 Å². The Labute approximate surface area is 152 Å². The summed E-state index contributed by atoms with van der Waals surface area (Å²) in [6, 6.07) is 11.7. The number of carbonyl (C=O) groups excluding carboxylic acids is 1. The largest absolute Gasteiger partial charge is 0.322 e. The van der Waals surface area contributed by atoms with Crippen LogP contribution in [0.3, 0.4) is 0 Å². The Hall–Kier alpha value is -2.59. The van der Waals surface area contributed by atoms with Crippen LogP contribution in [-0.2, 0) is 4.79 Å². The summed E-state index contributed by atoms with van der Waals surface area (Å²) >= 11 is 6.19. The van der Waals surface area contributed by atoms with Gasteiger partial charge >= 0.3 is 0 Å². The van der Waals surface area contributed by atoms with Gasteiger partial charge in [-0.15, -0.1) is 0 Å². The van der Waals surface area contributed by atoms with Crippen molar-refractivity contribution in [3.63, 3.8) is 0 Å². The van der Waals surface area contributed by atoms with Crippen LogP contribution in [0.2, 0.25) is 5.15 Å². The van der Waals surface area contributed by atoms with Crippen LogP contribution in [0.25, 0.3) is 11.7 Å². The van der Waals surface area contributed by atoms with Gasteiger partial charge in [0.15, 0.2) is 5.15 Å². The molecule has 1 aromatic carbocycles. The number of rotatable bonds is 4. The van der Waals surface area contributed by atoms with Gasteiger partial charge in [-0.3, -0.25) is 9.20 Å². The van der Waals surface area contributed by atoms with Crippen molar-refractivity contribution in [3.8, 4) is 0 Å². The maximum atomic E-state index is 12.4. The van der Waals surface area contributed by atoms with Crippen molar-refractivity contribution in [1.29, 1.82) is 0 Å². The highest BCUT2D eigenvalue weighted by Gasteiger charge is 2.11. The van der Waals surface area contributed by atoms with Crippen molar-refractivity contribution in [2.45, 2.75) is 26.7 Å². The summed E-state index contributed by atoms with van der Waals surface area (Å²) in [7, 11) is 0. The maximum absolute atomic E-state index is 12.4. The van der Waals surface area contributed by atoms with Crippen LogP contribution in [-0.4, -0.2) is 15.3 Å². The molecule has 3 aromatic rings. The predicted octanol–water partition coefficient (Wildman–Crippen LogP) is 5.07. The standard InChI is InChI=1S/C20H20ClN3O/c1-13(2)15-8-6-7-14(3)19(15)23-18(25)11-10-16-20(21)22-17-9-4-5-12-24(16)17/h4-13H,1-3H3,(H,23,25)/b11-10+. The van der Waals surface area contributed by atoms with Crippen LogP contribution < -0.4 is 5.32 Å². The molecule has 0 saturated carbocycles. The summed E-state index contributed by atoms with van der Waals surface area (Å²) in [4.78, 5) is 16.7. The molecule has 0 spiro atoms. The molecular formula is C20H20ClN3O. The summed E-state index contributed by atoms with van der Waals surface area (Å²) in [5.41, 5.74) is 4.46. The molecule has 3 rings (SSSR count). The number of aryl methyl sites for hydroxylation is 1. The fourth-order valence-electron chi connectivity index (χ4n) is 2.80. The zero-order chi connectivity index (χ0) is 18.0. The lowest BCUT2D eigenvalue weighted by atomic mass is 9.98. The zero-order valence-corrected chi connectivity index (χ0v) is 15.2. The number of nitrogens with zero attached hydrogens (tertiary/aromatic N) is 2. The van der Waals surface area contributed by atoms with E-state index < -0.39 is 0 Å². The Morgan fingerprint density at radius 1 is 1.24 bits per heavy atom. The van der Waals surface area contributed by atoms with Crippen LogP contribution in [0.5, 0.6) is 0 Å². The topological polar surface area (TPSA) is 46.4 Å². The lowest BCUT2D eigenvalue weighted by molar-refractivity contribution is -0.111. The van der Waals surface area contributed by atoms with Crippen molar-refractivity contribution in [1.82, 2.24) is 9.38 Å². The minimum atomic E-state index is -0.196. The Bertz CT molecular complexity index is 957. The Morgan fingerprint density at radius 2 is 2.04 bits per heavy atom. The number of halogens is 1. The van der Waals surface area contributed by atoms with E-state index >= 15 is 0 Å². The van der Waals surface area contributed by atoms with Gasteiger partial charge < -0.3 is 5.32 Å².